The van der Waals surface area contributed by atoms with Crippen molar-refractivity contribution in [2.45, 2.75) is 0 Å². The molecule has 0 spiro atoms. The monoisotopic (exact) mass is 193 g/mol. The predicted molar refractivity (Wildman–Crippen MR) is 46.9 cm³/mol. The molecule has 1 N–H and O–H groups in total. The normalized spacial score (nSPS) is 10.1. The number of rotatable bonds is 2. The highest BCUT2D eigenvalue weighted by Crippen LogP contribution is 2.25. The summed E-state index contributed by atoms with van der Waals surface area (Å²) in [6.45, 7) is 0. The van der Waals surface area contributed by atoms with Gasteiger partial charge in [0.25, 0.3) is 5.89 Å². The van der Waals surface area contributed by atoms with Gasteiger partial charge in [-0.1, -0.05) is 0 Å². The highest BCUT2D eigenvalue weighted by Gasteiger charge is 2.10. The molecule has 2 aromatic rings. The van der Waals surface area contributed by atoms with Gasteiger partial charge >= 0.3 is 5.76 Å². The van der Waals surface area contributed by atoms with E-state index in [1.54, 1.807) is 12.3 Å². The summed E-state index contributed by atoms with van der Waals surface area (Å²) < 4.78 is 9.81. The van der Waals surface area contributed by atoms with Crippen molar-refractivity contribution < 1.29 is 9.15 Å². The Balaban J connectivity index is 2.55. The number of pyridine rings is 1. The van der Waals surface area contributed by atoms with Crippen molar-refractivity contribution in [3.8, 4) is 17.2 Å². The third kappa shape index (κ3) is 1.37. The fourth-order valence-corrected chi connectivity index (χ4v) is 1.06. The summed E-state index contributed by atoms with van der Waals surface area (Å²) in [5.41, 5.74) is 0.584. The van der Waals surface area contributed by atoms with E-state index in [4.69, 9.17) is 9.15 Å². The topological polar surface area (TPSA) is 81.0 Å². The number of H-pyrrole nitrogens is 1. The van der Waals surface area contributed by atoms with Gasteiger partial charge in [0, 0.05) is 6.20 Å². The van der Waals surface area contributed by atoms with Crippen LogP contribution < -0.4 is 10.5 Å². The Labute approximate surface area is 78.6 Å². The van der Waals surface area contributed by atoms with Gasteiger partial charge in [0.2, 0.25) is 0 Å². The standard InChI is InChI=1S/C8H7N3O3/c1-13-6-4-9-3-2-5(6)7-10-11-8(12)14-7/h2-4H,1H3,(H,11,12). The summed E-state index contributed by atoms with van der Waals surface area (Å²) in [5.74, 6) is 0.0934. The maximum atomic E-state index is 10.7. The molecule has 0 aliphatic carbocycles. The molecular weight excluding hydrogens is 186 g/mol. The molecule has 0 bridgehead atoms. The third-order valence-corrected chi connectivity index (χ3v) is 1.67. The van der Waals surface area contributed by atoms with E-state index in [1.165, 1.54) is 13.3 Å². The van der Waals surface area contributed by atoms with Crippen LogP contribution in [0.1, 0.15) is 0 Å². The minimum absolute atomic E-state index is 0.189. The fraction of sp³-hybridized carbons (Fsp3) is 0.125. The number of hydrogen-bond donors (Lipinski definition) is 1. The molecule has 2 aromatic heterocycles. The molecule has 0 saturated heterocycles. The van der Waals surface area contributed by atoms with Crippen molar-refractivity contribution in [1.82, 2.24) is 15.2 Å². The van der Waals surface area contributed by atoms with Crippen LogP contribution in [0.4, 0.5) is 0 Å². The lowest BCUT2D eigenvalue weighted by atomic mass is 10.2. The van der Waals surface area contributed by atoms with Gasteiger partial charge in [-0.05, 0) is 6.07 Å². The number of aromatic nitrogens is 3. The maximum Gasteiger partial charge on any atom is 0.434 e. The van der Waals surface area contributed by atoms with Gasteiger partial charge in [-0.3, -0.25) is 4.98 Å². The first-order valence-electron chi connectivity index (χ1n) is 3.85. The molecule has 72 valence electrons. The number of nitrogens with one attached hydrogen (secondary N) is 1. The van der Waals surface area contributed by atoms with E-state index in [0.29, 0.717) is 11.3 Å². The van der Waals surface area contributed by atoms with Crippen molar-refractivity contribution in [2.75, 3.05) is 7.11 Å². The Morgan fingerprint density at radius 3 is 3.07 bits per heavy atom. The van der Waals surface area contributed by atoms with Crippen LogP contribution in [-0.2, 0) is 0 Å². The highest BCUT2D eigenvalue weighted by molar-refractivity contribution is 5.60. The quantitative estimate of drug-likeness (QED) is 0.748. The zero-order valence-electron chi connectivity index (χ0n) is 7.35. The molecule has 0 atom stereocenters. The van der Waals surface area contributed by atoms with Crippen molar-refractivity contribution in [2.24, 2.45) is 0 Å². The smallest absolute Gasteiger partial charge is 0.434 e. The minimum atomic E-state index is -0.598. The minimum Gasteiger partial charge on any atom is -0.494 e. The molecule has 2 rings (SSSR count). The van der Waals surface area contributed by atoms with Gasteiger partial charge in [0.05, 0.1) is 18.9 Å². The Bertz CT molecular complexity index is 488. The second kappa shape index (κ2) is 3.33. The van der Waals surface area contributed by atoms with E-state index in [-0.39, 0.29) is 5.89 Å². The molecule has 6 nitrogen and oxygen atoms in total. The van der Waals surface area contributed by atoms with E-state index < -0.39 is 5.76 Å². The third-order valence-electron chi connectivity index (χ3n) is 1.67. The zero-order chi connectivity index (χ0) is 9.97. The average Bonchev–Trinajstić information content (AvgIpc) is 2.65. The van der Waals surface area contributed by atoms with Gasteiger partial charge in [-0.25, -0.2) is 9.89 Å². The lowest BCUT2D eigenvalue weighted by Gasteiger charge is -2.01. The van der Waals surface area contributed by atoms with Crippen molar-refractivity contribution >= 4 is 0 Å². The molecule has 0 aliphatic heterocycles. The van der Waals surface area contributed by atoms with E-state index in [2.05, 4.69) is 15.2 Å². The molecule has 0 amide bonds. The van der Waals surface area contributed by atoms with E-state index in [9.17, 15) is 4.79 Å². The summed E-state index contributed by atoms with van der Waals surface area (Å²) in [6, 6.07) is 1.65. The number of methoxy groups -OCH3 is 1. The first kappa shape index (κ1) is 8.49. The van der Waals surface area contributed by atoms with Crippen LogP contribution in [0.2, 0.25) is 0 Å². The van der Waals surface area contributed by atoms with Gasteiger partial charge in [0.1, 0.15) is 5.75 Å². The van der Waals surface area contributed by atoms with Gasteiger partial charge < -0.3 is 9.15 Å². The van der Waals surface area contributed by atoms with Gasteiger partial charge in [0.15, 0.2) is 0 Å². The van der Waals surface area contributed by atoms with Crippen LogP contribution >= 0.6 is 0 Å². The Kier molecular flexibility index (Phi) is 2.02. The highest BCUT2D eigenvalue weighted by atomic mass is 16.5. The molecule has 0 fully saturated rings. The van der Waals surface area contributed by atoms with Gasteiger partial charge in [-0.2, -0.15) is 0 Å². The number of nitrogens with zero attached hydrogens (tertiary/aromatic N) is 2. The molecule has 0 aliphatic rings. The summed E-state index contributed by atoms with van der Waals surface area (Å²) in [7, 11) is 1.51. The first-order valence-corrected chi connectivity index (χ1v) is 3.85. The molecule has 0 radical (unpaired) electrons. The van der Waals surface area contributed by atoms with Crippen molar-refractivity contribution in [1.29, 1.82) is 0 Å². The molecule has 0 aromatic carbocycles. The van der Waals surface area contributed by atoms with E-state index >= 15 is 0 Å². The Morgan fingerprint density at radius 2 is 2.43 bits per heavy atom. The predicted octanol–water partition coefficient (Wildman–Crippen LogP) is 0.433. The summed E-state index contributed by atoms with van der Waals surface area (Å²) in [6.07, 6.45) is 3.08. The first-order chi connectivity index (χ1) is 6.81. The van der Waals surface area contributed by atoms with Gasteiger partial charge in [-0.15, -0.1) is 5.10 Å². The van der Waals surface area contributed by atoms with Crippen molar-refractivity contribution in [3.63, 3.8) is 0 Å². The van der Waals surface area contributed by atoms with Crippen LogP contribution in [0.25, 0.3) is 11.5 Å². The summed E-state index contributed by atoms with van der Waals surface area (Å²) in [5, 5.41) is 5.85. The largest absolute Gasteiger partial charge is 0.494 e. The van der Waals surface area contributed by atoms with Crippen LogP contribution in [0.3, 0.4) is 0 Å². The van der Waals surface area contributed by atoms with E-state index in [0.717, 1.165) is 0 Å². The summed E-state index contributed by atoms with van der Waals surface area (Å²) in [4.78, 5) is 14.6. The van der Waals surface area contributed by atoms with Crippen LogP contribution in [-0.4, -0.2) is 22.3 Å². The van der Waals surface area contributed by atoms with Crippen LogP contribution in [0.15, 0.2) is 27.7 Å². The SMILES string of the molecule is COc1cnccc1-c1n[nH]c(=O)o1. The fourth-order valence-electron chi connectivity index (χ4n) is 1.06. The average molecular weight is 193 g/mol. The number of hydrogen-bond acceptors (Lipinski definition) is 5. The number of ether oxygens (including phenoxy) is 1. The lowest BCUT2D eigenvalue weighted by molar-refractivity contribution is 0.412. The number of aromatic amines is 1. The molecule has 0 unspecified atom stereocenters. The zero-order valence-corrected chi connectivity index (χ0v) is 7.35. The lowest BCUT2D eigenvalue weighted by Crippen LogP contribution is -1.93. The van der Waals surface area contributed by atoms with Crippen LogP contribution in [0, 0.1) is 0 Å². The van der Waals surface area contributed by atoms with Crippen LogP contribution in [0.5, 0.6) is 5.75 Å². The molecule has 2 heterocycles. The van der Waals surface area contributed by atoms with E-state index in [1.807, 2.05) is 0 Å². The summed E-state index contributed by atoms with van der Waals surface area (Å²) >= 11 is 0. The maximum absolute atomic E-state index is 10.7. The Morgan fingerprint density at radius 1 is 1.57 bits per heavy atom. The second-order valence-electron chi connectivity index (χ2n) is 2.49. The van der Waals surface area contributed by atoms with Crippen molar-refractivity contribution in [3.05, 3.63) is 29.0 Å². The molecule has 14 heavy (non-hydrogen) atoms. The molecule has 6 heteroatoms. The second-order valence-corrected chi connectivity index (χ2v) is 2.49. The Hall–Kier alpha value is -2.11. The molecule has 0 saturated carbocycles. The molecular formula is C8H7N3O3.